The summed E-state index contributed by atoms with van der Waals surface area (Å²) in [5, 5.41) is 6.75. The summed E-state index contributed by atoms with van der Waals surface area (Å²) < 4.78 is 2.35. The fourth-order valence-corrected chi connectivity index (χ4v) is 2.77. The quantitative estimate of drug-likeness (QED) is 0.859. The molecule has 1 aliphatic rings. The van der Waals surface area contributed by atoms with E-state index in [0.717, 1.165) is 31.6 Å². The van der Waals surface area contributed by atoms with Gasteiger partial charge in [0.25, 0.3) is 0 Å². The minimum Gasteiger partial charge on any atom is -0.351 e. The first-order valence-corrected chi connectivity index (χ1v) is 6.62. The molecule has 3 rings (SSSR count). The molecule has 2 heterocycles. The van der Waals surface area contributed by atoms with Gasteiger partial charge in [0.1, 0.15) is 12.2 Å². The van der Waals surface area contributed by atoms with Crippen LogP contribution in [0.4, 0.5) is 0 Å². The average Bonchev–Trinajstić information content (AvgIpc) is 3.00. The molecule has 0 saturated carbocycles. The Morgan fingerprint density at radius 3 is 3.28 bits per heavy atom. The minimum absolute atomic E-state index is 0.240. The third kappa shape index (κ3) is 2.18. The largest absolute Gasteiger partial charge is 0.351 e. The van der Waals surface area contributed by atoms with Gasteiger partial charge in [0.2, 0.25) is 0 Å². The van der Waals surface area contributed by atoms with E-state index in [1.807, 2.05) is 0 Å². The number of nitrogens with zero attached hydrogens (tertiary/aromatic N) is 3. The Bertz CT molecular complexity index is 499. The highest BCUT2D eigenvalue weighted by atomic mass is 15.2. The Morgan fingerprint density at radius 2 is 2.44 bits per heavy atom. The Labute approximate surface area is 106 Å². The van der Waals surface area contributed by atoms with Crippen molar-refractivity contribution in [3.05, 3.63) is 35.7 Å². The number of rotatable bonds is 4. The van der Waals surface area contributed by atoms with Crippen molar-refractivity contribution >= 4 is 0 Å². The lowest BCUT2D eigenvalue weighted by molar-refractivity contribution is 0.530. The second kappa shape index (κ2) is 4.94. The number of hydrogen-bond acceptors (Lipinski definition) is 3. The molecule has 0 aromatic carbocycles. The SMILES string of the molecule is NC1CCCc2c1ccn2CCCc1ncn[nH]1. The molecule has 3 N–H and O–H groups in total. The smallest absolute Gasteiger partial charge is 0.137 e. The van der Waals surface area contributed by atoms with Crippen LogP contribution in [-0.4, -0.2) is 19.7 Å². The van der Waals surface area contributed by atoms with Crippen molar-refractivity contribution < 1.29 is 0 Å². The molecule has 18 heavy (non-hydrogen) atoms. The Balaban J connectivity index is 1.63. The Hall–Kier alpha value is -1.62. The molecule has 1 aliphatic carbocycles. The monoisotopic (exact) mass is 245 g/mol. The van der Waals surface area contributed by atoms with Gasteiger partial charge in [-0.15, -0.1) is 0 Å². The summed E-state index contributed by atoms with van der Waals surface area (Å²) in [6, 6.07) is 2.43. The van der Waals surface area contributed by atoms with Crippen LogP contribution in [0.5, 0.6) is 0 Å². The van der Waals surface area contributed by atoms with Crippen LogP contribution in [0.25, 0.3) is 0 Å². The summed E-state index contributed by atoms with van der Waals surface area (Å²) in [5.41, 5.74) is 8.91. The number of nitrogens with two attached hydrogens (primary N) is 1. The summed E-state index contributed by atoms with van der Waals surface area (Å²) in [4.78, 5) is 4.14. The van der Waals surface area contributed by atoms with Crippen LogP contribution in [0.15, 0.2) is 18.6 Å². The Morgan fingerprint density at radius 1 is 1.50 bits per heavy atom. The maximum absolute atomic E-state index is 6.13. The van der Waals surface area contributed by atoms with Gasteiger partial charge in [0, 0.05) is 30.9 Å². The van der Waals surface area contributed by atoms with Crippen molar-refractivity contribution in [1.29, 1.82) is 0 Å². The van der Waals surface area contributed by atoms with Gasteiger partial charge in [-0.05, 0) is 37.3 Å². The molecule has 96 valence electrons. The first-order valence-electron chi connectivity index (χ1n) is 6.62. The number of aryl methyl sites for hydroxylation is 2. The molecule has 0 radical (unpaired) electrons. The number of aromatic amines is 1. The average molecular weight is 245 g/mol. The maximum atomic E-state index is 6.13. The van der Waals surface area contributed by atoms with E-state index in [1.165, 1.54) is 24.1 Å². The molecular formula is C13H19N5. The molecule has 0 amide bonds. The fraction of sp³-hybridized carbons (Fsp3) is 0.538. The predicted octanol–water partition coefficient (Wildman–Crippen LogP) is 1.58. The van der Waals surface area contributed by atoms with Gasteiger partial charge in [0.15, 0.2) is 0 Å². The fourth-order valence-electron chi connectivity index (χ4n) is 2.77. The molecule has 0 saturated heterocycles. The lowest BCUT2D eigenvalue weighted by atomic mass is 9.93. The summed E-state index contributed by atoms with van der Waals surface area (Å²) in [6.07, 6.45) is 9.25. The zero-order valence-electron chi connectivity index (χ0n) is 10.5. The van der Waals surface area contributed by atoms with Crippen molar-refractivity contribution in [1.82, 2.24) is 19.7 Å². The zero-order valence-corrected chi connectivity index (χ0v) is 10.5. The minimum atomic E-state index is 0.240. The van der Waals surface area contributed by atoms with Crippen molar-refractivity contribution in [2.24, 2.45) is 5.73 Å². The molecule has 1 atom stereocenters. The molecule has 1 unspecified atom stereocenters. The second-order valence-electron chi connectivity index (χ2n) is 4.95. The topological polar surface area (TPSA) is 72.5 Å². The predicted molar refractivity (Wildman–Crippen MR) is 69.0 cm³/mol. The first-order chi connectivity index (χ1) is 8.84. The molecule has 0 bridgehead atoms. The van der Waals surface area contributed by atoms with E-state index in [2.05, 4.69) is 32.0 Å². The van der Waals surface area contributed by atoms with Gasteiger partial charge in [0.05, 0.1) is 0 Å². The number of H-pyrrole nitrogens is 1. The number of hydrogen-bond donors (Lipinski definition) is 2. The highest BCUT2D eigenvalue weighted by molar-refractivity contribution is 5.28. The van der Waals surface area contributed by atoms with E-state index < -0.39 is 0 Å². The molecule has 0 aliphatic heterocycles. The van der Waals surface area contributed by atoms with Crippen molar-refractivity contribution in [2.45, 2.75) is 44.7 Å². The van der Waals surface area contributed by atoms with Crippen LogP contribution in [-0.2, 0) is 19.4 Å². The van der Waals surface area contributed by atoms with Crippen LogP contribution in [0.1, 0.15) is 42.4 Å². The van der Waals surface area contributed by atoms with Gasteiger partial charge in [-0.25, -0.2) is 4.98 Å². The molecule has 0 spiro atoms. The maximum Gasteiger partial charge on any atom is 0.137 e. The van der Waals surface area contributed by atoms with Gasteiger partial charge < -0.3 is 10.3 Å². The molecule has 0 fully saturated rings. The van der Waals surface area contributed by atoms with Crippen LogP contribution in [0.2, 0.25) is 0 Å². The third-order valence-electron chi connectivity index (χ3n) is 3.72. The standard InChI is InChI=1S/C13H19N5/c14-11-3-1-4-12-10(11)6-8-18(12)7-2-5-13-15-9-16-17-13/h6,8-9,11H,1-5,7,14H2,(H,15,16,17). The molecule has 2 aromatic heterocycles. The molecule has 5 nitrogen and oxygen atoms in total. The van der Waals surface area contributed by atoms with Crippen molar-refractivity contribution in [3.8, 4) is 0 Å². The molecule has 5 heteroatoms. The van der Waals surface area contributed by atoms with Crippen LogP contribution in [0, 0.1) is 0 Å². The second-order valence-corrected chi connectivity index (χ2v) is 4.95. The van der Waals surface area contributed by atoms with Gasteiger partial charge >= 0.3 is 0 Å². The van der Waals surface area contributed by atoms with E-state index in [0.29, 0.717) is 0 Å². The van der Waals surface area contributed by atoms with Gasteiger partial charge in [-0.2, -0.15) is 5.10 Å². The van der Waals surface area contributed by atoms with Crippen molar-refractivity contribution in [2.75, 3.05) is 0 Å². The van der Waals surface area contributed by atoms with Crippen molar-refractivity contribution in [3.63, 3.8) is 0 Å². The number of nitrogens with one attached hydrogen (secondary N) is 1. The van der Waals surface area contributed by atoms with E-state index in [9.17, 15) is 0 Å². The van der Waals surface area contributed by atoms with Crippen LogP contribution in [0.3, 0.4) is 0 Å². The highest BCUT2D eigenvalue weighted by Crippen LogP contribution is 2.28. The lowest BCUT2D eigenvalue weighted by Gasteiger charge is -2.20. The van der Waals surface area contributed by atoms with Gasteiger partial charge in [-0.3, -0.25) is 5.10 Å². The summed E-state index contributed by atoms with van der Waals surface area (Å²) >= 11 is 0. The van der Waals surface area contributed by atoms with E-state index in [4.69, 9.17) is 5.73 Å². The lowest BCUT2D eigenvalue weighted by Crippen LogP contribution is -2.18. The number of aromatic nitrogens is 4. The highest BCUT2D eigenvalue weighted by Gasteiger charge is 2.19. The van der Waals surface area contributed by atoms with Crippen LogP contribution < -0.4 is 5.73 Å². The van der Waals surface area contributed by atoms with E-state index in [-0.39, 0.29) is 6.04 Å². The molecule has 2 aromatic rings. The first kappa shape index (κ1) is 11.5. The normalized spacial score (nSPS) is 18.8. The number of fused-ring (bicyclic) bond motifs is 1. The zero-order chi connectivity index (χ0) is 12.4. The Kier molecular flexibility index (Phi) is 3.15. The van der Waals surface area contributed by atoms with E-state index >= 15 is 0 Å². The summed E-state index contributed by atoms with van der Waals surface area (Å²) in [6.45, 7) is 1.03. The third-order valence-corrected chi connectivity index (χ3v) is 3.72. The summed E-state index contributed by atoms with van der Waals surface area (Å²) in [5.74, 6) is 0.965. The molecular weight excluding hydrogens is 226 g/mol. The van der Waals surface area contributed by atoms with Crippen LogP contribution >= 0.6 is 0 Å². The summed E-state index contributed by atoms with van der Waals surface area (Å²) in [7, 11) is 0. The van der Waals surface area contributed by atoms with Gasteiger partial charge in [-0.1, -0.05) is 0 Å². The van der Waals surface area contributed by atoms with E-state index in [1.54, 1.807) is 6.33 Å².